The van der Waals surface area contributed by atoms with Gasteiger partial charge < -0.3 is 0 Å². The largest absolute Gasteiger partial charge is 0.272 e. The molecular weight excluding hydrogens is 260 g/mol. The lowest BCUT2D eigenvalue weighted by atomic mass is 10.00. The predicted molar refractivity (Wildman–Crippen MR) is 78.7 cm³/mol. The summed E-state index contributed by atoms with van der Waals surface area (Å²) in [6.45, 7) is 11.5. The first-order valence-corrected chi connectivity index (χ1v) is 8.15. The molecule has 0 fully saturated rings. The summed E-state index contributed by atoms with van der Waals surface area (Å²) >= 11 is 0. The topological polar surface area (TPSA) is 43.4 Å². The molecule has 0 N–H and O–H groups in total. The lowest BCUT2D eigenvalue weighted by Gasteiger charge is -2.23. The van der Waals surface area contributed by atoms with Crippen molar-refractivity contribution in [1.82, 2.24) is 0 Å². The number of hydrogen-bond donors (Lipinski definition) is 0. The molecule has 4 heteroatoms. The zero-order valence-corrected chi connectivity index (χ0v) is 13.5. The van der Waals surface area contributed by atoms with Crippen LogP contribution in [0.3, 0.4) is 0 Å². The minimum atomic E-state index is -3.56. The van der Waals surface area contributed by atoms with Crippen LogP contribution in [-0.4, -0.2) is 14.0 Å². The van der Waals surface area contributed by atoms with Gasteiger partial charge in [0.15, 0.2) is 0 Å². The van der Waals surface area contributed by atoms with Crippen LogP contribution in [0.1, 0.15) is 49.4 Å². The normalized spacial score (nSPS) is 12.7. The minimum absolute atomic E-state index is 0.0661. The van der Waals surface area contributed by atoms with Gasteiger partial charge in [0.05, 0.1) is 5.60 Å². The zero-order chi connectivity index (χ0) is 14.8. The van der Waals surface area contributed by atoms with Gasteiger partial charge in [-0.2, -0.15) is 8.42 Å². The molecule has 0 spiro atoms. The Morgan fingerprint density at radius 2 is 1.68 bits per heavy atom. The van der Waals surface area contributed by atoms with Crippen LogP contribution in [0, 0.1) is 20.8 Å². The van der Waals surface area contributed by atoms with Crippen LogP contribution in [0.15, 0.2) is 12.1 Å². The van der Waals surface area contributed by atoms with Crippen molar-refractivity contribution in [2.75, 3.05) is 0 Å². The second kappa shape index (κ2) is 5.63. The smallest absolute Gasteiger partial charge is 0.264 e. The summed E-state index contributed by atoms with van der Waals surface area (Å²) < 4.78 is 29.5. The molecule has 0 unspecified atom stereocenters. The molecule has 3 nitrogen and oxygen atoms in total. The third kappa shape index (κ3) is 4.32. The maximum absolute atomic E-state index is 12.1. The highest BCUT2D eigenvalue weighted by Crippen LogP contribution is 2.23. The molecule has 0 amide bonds. The van der Waals surface area contributed by atoms with E-state index in [0.717, 1.165) is 16.7 Å². The molecule has 1 aromatic rings. The molecule has 1 rings (SSSR count). The first kappa shape index (κ1) is 16.2. The molecule has 0 radical (unpaired) electrons. The predicted octanol–water partition coefficient (Wildman–Crippen LogP) is 3.65. The van der Waals surface area contributed by atoms with Gasteiger partial charge in [0, 0.05) is 0 Å². The zero-order valence-electron chi connectivity index (χ0n) is 12.7. The molecule has 0 atom stereocenters. The van der Waals surface area contributed by atoms with E-state index < -0.39 is 15.7 Å². The van der Waals surface area contributed by atoms with Gasteiger partial charge in [0.2, 0.25) is 0 Å². The second-order valence-corrected chi connectivity index (χ2v) is 7.26. The average molecular weight is 284 g/mol. The SMILES string of the molecule is CCC(C)(C)OS(=O)(=O)Cc1ccc(C)c(C)c1C. The molecule has 108 valence electrons. The summed E-state index contributed by atoms with van der Waals surface area (Å²) in [5, 5.41) is 0. The van der Waals surface area contributed by atoms with E-state index in [1.165, 1.54) is 5.56 Å². The van der Waals surface area contributed by atoms with E-state index in [0.29, 0.717) is 6.42 Å². The molecule has 0 saturated heterocycles. The average Bonchev–Trinajstić information content (AvgIpc) is 2.29. The monoisotopic (exact) mass is 284 g/mol. The molecule has 1 aromatic carbocycles. The van der Waals surface area contributed by atoms with Gasteiger partial charge >= 0.3 is 0 Å². The maximum atomic E-state index is 12.1. The number of benzene rings is 1. The Balaban J connectivity index is 3.00. The lowest BCUT2D eigenvalue weighted by Crippen LogP contribution is -2.28. The van der Waals surface area contributed by atoms with Gasteiger partial charge in [-0.25, -0.2) is 0 Å². The van der Waals surface area contributed by atoms with Crippen LogP contribution in [0.4, 0.5) is 0 Å². The molecule has 0 heterocycles. The van der Waals surface area contributed by atoms with E-state index in [-0.39, 0.29) is 5.75 Å². The van der Waals surface area contributed by atoms with Crippen molar-refractivity contribution in [2.45, 2.75) is 59.3 Å². The van der Waals surface area contributed by atoms with Crippen LogP contribution in [0.25, 0.3) is 0 Å². The fourth-order valence-electron chi connectivity index (χ4n) is 1.79. The molecule has 0 aliphatic rings. The van der Waals surface area contributed by atoms with E-state index in [1.807, 2.05) is 39.8 Å². The first-order valence-electron chi connectivity index (χ1n) is 6.57. The Labute approximate surface area is 117 Å². The van der Waals surface area contributed by atoms with Crippen molar-refractivity contribution in [1.29, 1.82) is 0 Å². The van der Waals surface area contributed by atoms with E-state index in [2.05, 4.69) is 0 Å². The molecule has 19 heavy (non-hydrogen) atoms. The van der Waals surface area contributed by atoms with Crippen LogP contribution in [-0.2, 0) is 20.1 Å². The van der Waals surface area contributed by atoms with Crippen LogP contribution in [0.5, 0.6) is 0 Å². The van der Waals surface area contributed by atoms with Crippen molar-refractivity contribution >= 4 is 10.1 Å². The summed E-state index contributed by atoms with van der Waals surface area (Å²) in [6.07, 6.45) is 0.651. The third-order valence-electron chi connectivity index (χ3n) is 3.71. The highest BCUT2D eigenvalue weighted by atomic mass is 32.2. The summed E-state index contributed by atoms with van der Waals surface area (Å²) in [5.41, 5.74) is 3.51. The first-order chi connectivity index (χ1) is 8.58. The lowest BCUT2D eigenvalue weighted by molar-refractivity contribution is 0.113. The van der Waals surface area contributed by atoms with Crippen LogP contribution in [0.2, 0.25) is 0 Å². The Morgan fingerprint density at radius 3 is 2.21 bits per heavy atom. The highest BCUT2D eigenvalue weighted by molar-refractivity contribution is 7.85. The Kier molecular flexibility index (Phi) is 4.80. The van der Waals surface area contributed by atoms with Crippen molar-refractivity contribution in [3.8, 4) is 0 Å². The molecule has 0 bridgehead atoms. The number of aryl methyl sites for hydroxylation is 1. The Morgan fingerprint density at radius 1 is 1.11 bits per heavy atom. The van der Waals surface area contributed by atoms with E-state index in [9.17, 15) is 8.42 Å². The number of hydrogen-bond acceptors (Lipinski definition) is 3. The summed E-state index contributed by atoms with van der Waals surface area (Å²) in [5.74, 6) is -0.0661. The summed E-state index contributed by atoms with van der Waals surface area (Å²) in [7, 11) is -3.56. The third-order valence-corrected chi connectivity index (χ3v) is 5.08. The molecular formula is C15H24O3S. The van der Waals surface area contributed by atoms with Gasteiger partial charge in [0.1, 0.15) is 5.75 Å². The standard InChI is InChI=1S/C15H24O3S/c1-7-15(5,6)18-19(16,17)10-14-9-8-11(2)12(3)13(14)4/h8-9H,7,10H2,1-6H3. The molecule has 0 aliphatic heterocycles. The van der Waals surface area contributed by atoms with E-state index in [4.69, 9.17) is 4.18 Å². The highest BCUT2D eigenvalue weighted by Gasteiger charge is 2.25. The van der Waals surface area contributed by atoms with Gasteiger partial charge in [-0.3, -0.25) is 4.18 Å². The molecule has 0 aliphatic carbocycles. The van der Waals surface area contributed by atoms with Gasteiger partial charge in [0.25, 0.3) is 10.1 Å². The van der Waals surface area contributed by atoms with Crippen LogP contribution < -0.4 is 0 Å². The van der Waals surface area contributed by atoms with E-state index >= 15 is 0 Å². The van der Waals surface area contributed by atoms with Gasteiger partial charge in [-0.1, -0.05) is 19.1 Å². The van der Waals surface area contributed by atoms with Crippen molar-refractivity contribution in [3.05, 3.63) is 34.4 Å². The molecule has 0 saturated carbocycles. The maximum Gasteiger partial charge on any atom is 0.272 e. The van der Waals surface area contributed by atoms with Crippen molar-refractivity contribution < 1.29 is 12.6 Å². The van der Waals surface area contributed by atoms with Gasteiger partial charge in [-0.05, 0) is 63.3 Å². The Bertz CT molecular complexity index is 557. The summed E-state index contributed by atoms with van der Waals surface area (Å²) in [4.78, 5) is 0. The van der Waals surface area contributed by atoms with Crippen LogP contribution >= 0.6 is 0 Å². The molecule has 0 aromatic heterocycles. The van der Waals surface area contributed by atoms with Gasteiger partial charge in [-0.15, -0.1) is 0 Å². The number of rotatable bonds is 5. The second-order valence-electron chi connectivity index (χ2n) is 5.69. The fraction of sp³-hybridized carbons (Fsp3) is 0.600. The van der Waals surface area contributed by atoms with Crippen molar-refractivity contribution in [3.63, 3.8) is 0 Å². The van der Waals surface area contributed by atoms with E-state index in [1.54, 1.807) is 13.8 Å². The minimum Gasteiger partial charge on any atom is -0.264 e. The van der Waals surface area contributed by atoms with Crippen molar-refractivity contribution in [2.24, 2.45) is 0 Å². The quantitative estimate of drug-likeness (QED) is 0.775. The summed E-state index contributed by atoms with van der Waals surface area (Å²) in [6, 6.07) is 3.83. The Hall–Kier alpha value is -0.870. The fourth-order valence-corrected chi connectivity index (χ4v) is 3.35.